The van der Waals surface area contributed by atoms with Crippen molar-refractivity contribution < 1.29 is 9.53 Å². The van der Waals surface area contributed by atoms with E-state index in [1.165, 1.54) is 12.0 Å². The van der Waals surface area contributed by atoms with Crippen molar-refractivity contribution in [1.82, 2.24) is 4.98 Å². The predicted molar refractivity (Wildman–Crippen MR) is 96.5 cm³/mol. The Morgan fingerprint density at radius 3 is 2.87 bits per heavy atom. The number of carbonyl (C=O) groups is 1. The summed E-state index contributed by atoms with van der Waals surface area (Å²) in [7, 11) is 1.40. The molecule has 0 bridgehead atoms. The van der Waals surface area contributed by atoms with Crippen molar-refractivity contribution >= 4 is 45.5 Å². The third-order valence-corrected chi connectivity index (χ3v) is 5.10. The van der Waals surface area contributed by atoms with E-state index in [0.717, 1.165) is 35.4 Å². The Morgan fingerprint density at radius 2 is 2.17 bits per heavy atom. The van der Waals surface area contributed by atoms with Crippen LogP contribution < -0.4 is 10.6 Å². The molecule has 2 heterocycles. The summed E-state index contributed by atoms with van der Waals surface area (Å²) in [6.45, 7) is 1.98. The maximum Gasteiger partial charge on any atom is 0.341 e. The molecule has 120 valence electrons. The van der Waals surface area contributed by atoms with E-state index in [-0.39, 0.29) is 5.97 Å². The summed E-state index contributed by atoms with van der Waals surface area (Å²) in [5, 5.41) is 7.30. The third-order valence-electron chi connectivity index (χ3n) is 3.69. The first-order valence-electron chi connectivity index (χ1n) is 7.32. The lowest BCUT2D eigenvalue weighted by Crippen LogP contribution is -2.20. The molecule has 0 fully saturated rings. The van der Waals surface area contributed by atoms with Gasteiger partial charge in [-0.15, -0.1) is 11.3 Å². The summed E-state index contributed by atoms with van der Waals surface area (Å²) in [5.41, 5.74) is 2.80. The minimum absolute atomic E-state index is 0.317. The summed E-state index contributed by atoms with van der Waals surface area (Å²) in [4.78, 5) is 17.6. The molecule has 0 saturated heterocycles. The maximum absolute atomic E-state index is 12.1. The molecule has 2 N–H and O–H groups in total. The topological polar surface area (TPSA) is 63.2 Å². The van der Waals surface area contributed by atoms with Gasteiger partial charge in [0.05, 0.1) is 12.7 Å². The second-order valence-electron chi connectivity index (χ2n) is 5.35. The van der Waals surface area contributed by atoms with Crippen LogP contribution >= 0.6 is 23.6 Å². The molecule has 23 heavy (non-hydrogen) atoms. The number of hydrogen-bond donors (Lipinski definition) is 2. The van der Waals surface area contributed by atoms with Gasteiger partial charge in [0.2, 0.25) is 0 Å². The molecule has 2 aromatic heterocycles. The van der Waals surface area contributed by atoms with Gasteiger partial charge in [-0.3, -0.25) is 0 Å². The van der Waals surface area contributed by atoms with Crippen LogP contribution in [0.5, 0.6) is 0 Å². The van der Waals surface area contributed by atoms with E-state index in [9.17, 15) is 4.79 Å². The molecule has 0 spiro atoms. The third kappa shape index (κ3) is 3.35. The highest BCUT2D eigenvalue weighted by Crippen LogP contribution is 2.39. The van der Waals surface area contributed by atoms with Crippen LogP contribution in [0.25, 0.3) is 0 Å². The second kappa shape index (κ2) is 6.64. The average molecular weight is 347 g/mol. The molecule has 1 aliphatic rings. The van der Waals surface area contributed by atoms with Gasteiger partial charge in [-0.25, -0.2) is 9.78 Å². The summed E-state index contributed by atoms with van der Waals surface area (Å²) < 4.78 is 4.93. The number of anilines is 2. The maximum atomic E-state index is 12.1. The fraction of sp³-hybridized carbons (Fsp3) is 0.312. The minimum atomic E-state index is -0.317. The first kappa shape index (κ1) is 15.9. The molecule has 0 aromatic carbocycles. The largest absolute Gasteiger partial charge is 0.465 e. The molecule has 7 heteroatoms. The Morgan fingerprint density at radius 1 is 1.35 bits per heavy atom. The van der Waals surface area contributed by atoms with Crippen molar-refractivity contribution in [2.75, 3.05) is 17.7 Å². The Hall–Kier alpha value is -1.99. The van der Waals surface area contributed by atoms with Gasteiger partial charge in [-0.05, 0) is 55.6 Å². The van der Waals surface area contributed by atoms with Crippen molar-refractivity contribution in [2.45, 2.75) is 26.2 Å². The normalized spacial score (nSPS) is 12.6. The zero-order valence-corrected chi connectivity index (χ0v) is 14.6. The number of nitrogens with zero attached hydrogens (tertiary/aromatic N) is 1. The SMILES string of the molecule is COC(=O)c1c(NC(=S)Nc2ccc(C)cn2)sc2c1CCC2. The van der Waals surface area contributed by atoms with Crippen molar-refractivity contribution in [2.24, 2.45) is 0 Å². The van der Waals surface area contributed by atoms with Crippen molar-refractivity contribution in [3.63, 3.8) is 0 Å². The van der Waals surface area contributed by atoms with E-state index >= 15 is 0 Å². The number of carbonyl (C=O) groups excluding carboxylic acids is 1. The lowest BCUT2D eigenvalue weighted by atomic mass is 10.1. The summed E-state index contributed by atoms with van der Waals surface area (Å²) in [6, 6.07) is 3.82. The zero-order valence-electron chi connectivity index (χ0n) is 12.9. The number of aryl methyl sites for hydroxylation is 2. The molecule has 0 atom stereocenters. The number of ether oxygens (including phenoxy) is 1. The smallest absolute Gasteiger partial charge is 0.341 e. The standard InChI is InChI=1S/C16H17N3O2S2/c1-9-6-7-12(17-8-9)18-16(22)19-14-13(15(20)21-2)10-4-3-5-11(10)23-14/h6-8H,3-5H2,1-2H3,(H2,17,18,19,22). The molecule has 5 nitrogen and oxygen atoms in total. The lowest BCUT2D eigenvalue weighted by molar-refractivity contribution is 0.0601. The van der Waals surface area contributed by atoms with Crippen LogP contribution in [0.4, 0.5) is 10.8 Å². The van der Waals surface area contributed by atoms with Crippen molar-refractivity contribution in [1.29, 1.82) is 0 Å². The number of esters is 1. The van der Waals surface area contributed by atoms with Gasteiger partial charge in [0.15, 0.2) is 5.11 Å². The number of thiocarbonyl (C=S) groups is 1. The van der Waals surface area contributed by atoms with Crippen LogP contribution in [0.3, 0.4) is 0 Å². The molecule has 0 aliphatic heterocycles. The highest BCUT2D eigenvalue weighted by molar-refractivity contribution is 7.80. The molecule has 3 rings (SSSR count). The van der Waals surface area contributed by atoms with E-state index in [1.54, 1.807) is 17.5 Å². The fourth-order valence-corrected chi connectivity index (χ4v) is 4.16. The van der Waals surface area contributed by atoms with E-state index < -0.39 is 0 Å². The second-order valence-corrected chi connectivity index (χ2v) is 6.87. The highest BCUT2D eigenvalue weighted by Gasteiger charge is 2.27. The van der Waals surface area contributed by atoms with Gasteiger partial charge >= 0.3 is 5.97 Å². The zero-order chi connectivity index (χ0) is 16.4. The number of hydrogen-bond acceptors (Lipinski definition) is 5. The first-order valence-corrected chi connectivity index (χ1v) is 8.54. The predicted octanol–water partition coefficient (Wildman–Crippen LogP) is 3.54. The number of rotatable bonds is 3. The van der Waals surface area contributed by atoms with Gasteiger partial charge < -0.3 is 15.4 Å². The number of methoxy groups -OCH3 is 1. The van der Waals surface area contributed by atoms with Crippen LogP contribution in [-0.4, -0.2) is 23.2 Å². The van der Waals surface area contributed by atoms with Crippen LogP contribution in [0.2, 0.25) is 0 Å². The number of nitrogens with one attached hydrogen (secondary N) is 2. The van der Waals surface area contributed by atoms with E-state index in [1.807, 2.05) is 19.1 Å². The Bertz CT molecular complexity index is 753. The van der Waals surface area contributed by atoms with Gasteiger partial charge in [0.1, 0.15) is 10.8 Å². The molecule has 0 radical (unpaired) electrons. The van der Waals surface area contributed by atoms with Crippen molar-refractivity contribution in [3.8, 4) is 0 Å². The number of fused-ring (bicyclic) bond motifs is 1. The fourth-order valence-electron chi connectivity index (χ4n) is 2.60. The van der Waals surface area contributed by atoms with Gasteiger partial charge in [-0.2, -0.15) is 0 Å². The van der Waals surface area contributed by atoms with Crippen LogP contribution in [0, 0.1) is 6.92 Å². The quantitative estimate of drug-likeness (QED) is 0.654. The highest BCUT2D eigenvalue weighted by atomic mass is 32.1. The van der Waals surface area contributed by atoms with Crippen LogP contribution in [0.1, 0.15) is 32.8 Å². The lowest BCUT2D eigenvalue weighted by Gasteiger charge is -2.10. The molecule has 0 unspecified atom stereocenters. The number of pyridine rings is 1. The van der Waals surface area contributed by atoms with Gasteiger partial charge in [0.25, 0.3) is 0 Å². The average Bonchev–Trinajstić information content (AvgIpc) is 3.09. The van der Waals surface area contributed by atoms with Gasteiger partial charge in [0, 0.05) is 11.1 Å². The number of thiophene rings is 1. The molecule has 0 amide bonds. The number of aromatic nitrogens is 1. The summed E-state index contributed by atoms with van der Waals surface area (Å²) in [5.74, 6) is 0.347. The van der Waals surface area contributed by atoms with E-state index in [4.69, 9.17) is 17.0 Å². The molecule has 0 saturated carbocycles. The molecule has 1 aliphatic carbocycles. The van der Waals surface area contributed by atoms with E-state index in [2.05, 4.69) is 15.6 Å². The Kier molecular flexibility index (Phi) is 4.58. The van der Waals surface area contributed by atoms with E-state index in [0.29, 0.717) is 16.5 Å². The minimum Gasteiger partial charge on any atom is -0.465 e. The molecular weight excluding hydrogens is 330 g/mol. The summed E-state index contributed by atoms with van der Waals surface area (Å²) >= 11 is 6.91. The van der Waals surface area contributed by atoms with Gasteiger partial charge in [-0.1, -0.05) is 6.07 Å². The summed E-state index contributed by atoms with van der Waals surface area (Å²) in [6.07, 6.45) is 4.77. The molecular formula is C16H17N3O2S2. The Labute approximate surface area is 144 Å². The molecule has 2 aromatic rings. The van der Waals surface area contributed by atoms with Crippen LogP contribution in [-0.2, 0) is 17.6 Å². The Balaban J connectivity index is 1.78. The first-order chi connectivity index (χ1) is 11.1. The van der Waals surface area contributed by atoms with Crippen molar-refractivity contribution in [3.05, 3.63) is 39.9 Å². The monoisotopic (exact) mass is 347 g/mol. The van der Waals surface area contributed by atoms with Crippen LogP contribution in [0.15, 0.2) is 18.3 Å².